The molecule has 2 rings (SSSR count). The smallest absolute Gasteiger partial charge is 0.228 e. The highest BCUT2D eigenvalue weighted by Crippen LogP contribution is 2.26. The summed E-state index contributed by atoms with van der Waals surface area (Å²) in [4.78, 5) is 14.0. The summed E-state index contributed by atoms with van der Waals surface area (Å²) in [5, 5.41) is 3.38. The van der Waals surface area contributed by atoms with Crippen molar-refractivity contribution in [1.29, 1.82) is 0 Å². The van der Waals surface area contributed by atoms with Gasteiger partial charge in [-0.3, -0.25) is 4.79 Å². The molecule has 3 heteroatoms. The molecule has 0 radical (unpaired) electrons. The molecule has 0 atom stereocenters. The van der Waals surface area contributed by atoms with Gasteiger partial charge in [-0.05, 0) is 30.4 Å². The van der Waals surface area contributed by atoms with Crippen LogP contribution in [-0.2, 0) is 4.79 Å². The fourth-order valence-corrected chi connectivity index (χ4v) is 2.25. The molecule has 0 aliphatic heterocycles. The molecular weight excluding hydrogens is 236 g/mol. The van der Waals surface area contributed by atoms with Gasteiger partial charge in [0, 0.05) is 31.7 Å². The minimum absolute atomic E-state index is 0.182. The fraction of sp³-hybridized carbons (Fsp3) is 0.562. The van der Waals surface area contributed by atoms with Crippen molar-refractivity contribution in [3.63, 3.8) is 0 Å². The van der Waals surface area contributed by atoms with Crippen LogP contribution in [0.3, 0.4) is 0 Å². The summed E-state index contributed by atoms with van der Waals surface area (Å²) in [6, 6.07) is 8.83. The number of hydrogen-bond acceptors (Lipinski definition) is 2. The SMILES string of the molecule is CC(C)c1ccccc1N(C)C(=O)CCNC1CC1. The van der Waals surface area contributed by atoms with Gasteiger partial charge >= 0.3 is 0 Å². The molecule has 3 nitrogen and oxygen atoms in total. The number of carbonyl (C=O) groups is 1. The lowest BCUT2D eigenvalue weighted by Crippen LogP contribution is -2.31. The van der Waals surface area contributed by atoms with E-state index in [9.17, 15) is 4.79 Å². The Kier molecular flexibility index (Phi) is 4.59. The highest BCUT2D eigenvalue weighted by Gasteiger charge is 2.21. The first kappa shape index (κ1) is 14.1. The minimum atomic E-state index is 0.182. The highest BCUT2D eigenvalue weighted by atomic mass is 16.2. The number of hydrogen-bond donors (Lipinski definition) is 1. The Bertz CT molecular complexity index is 438. The van der Waals surface area contributed by atoms with E-state index in [0.29, 0.717) is 18.4 Å². The van der Waals surface area contributed by atoms with Crippen LogP contribution in [0.5, 0.6) is 0 Å². The Morgan fingerprint density at radius 3 is 2.68 bits per heavy atom. The molecule has 1 amide bonds. The lowest BCUT2D eigenvalue weighted by Gasteiger charge is -2.22. The van der Waals surface area contributed by atoms with Gasteiger partial charge in [0.1, 0.15) is 0 Å². The van der Waals surface area contributed by atoms with E-state index >= 15 is 0 Å². The molecule has 1 aliphatic carbocycles. The van der Waals surface area contributed by atoms with E-state index in [1.807, 2.05) is 25.2 Å². The molecule has 0 bridgehead atoms. The predicted octanol–water partition coefficient (Wildman–Crippen LogP) is 2.91. The van der Waals surface area contributed by atoms with E-state index < -0.39 is 0 Å². The van der Waals surface area contributed by atoms with Crippen LogP contribution in [0.1, 0.15) is 44.6 Å². The van der Waals surface area contributed by atoms with Crippen LogP contribution < -0.4 is 10.2 Å². The summed E-state index contributed by atoms with van der Waals surface area (Å²) < 4.78 is 0. The Hall–Kier alpha value is -1.35. The minimum Gasteiger partial charge on any atom is -0.315 e. The van der Waals surface area contributed by atoms with Crippen molar-refractivity contribution in [3.8, 4) is 0 Å². The predicted molar refractivity (Wildman–Crippen MR) is 79.6 cm³/mol. The van der Waals surface area contributed by atoms with Gasteiger partial charge in [-0.1, -0.05) is 32.0 Å². The van der Waals surface area contributed by atoms with E-state index in [2.05, 4.69) is 25.2 Å². The number of amides is 1. The molecule has 0 heterocycles. The molecule has 0 saturated heterocycles. The van der Waals surface area contributed by atoms with Crippen molar-refractivity contribution in [3.05, 3.63) is 29.8 Å². The summed E-state index contributed by atoms with van der Waals surface area (Å²) in [5.74, 6) is 0.609. The zero-order valence-corrected chi connectivity index (χ0v) is 12.1. The third kappa shape index (κ3) is 3.80. The summed E-state index contributed by atoms with van der Waals surface area (Å²) in [6.45, 7) is 5.11. The molecule has 1 aliphatic rings. The molecule has 19 heavy (non-hydrogen) atoms. The molecule has 104 valence electrons. The molecule has 1 aromatic rings. The summed E-state index contributed by atoms with van der Waals surface area (Å²) in [5.41, 5.74) is 2.27. The van der Waals surface area contributed by atoms with Crippen LogP contribution in [0.2, 0.25) is 0 Å². The van der Waals surface area contributed by atoms with Crippen LogP contribution in [-0.4, -0.2) is 25.5 Å². The van der Waals surface area contributed by atoms with Crippen LogP contribution >= 0.6 is 0 Å². The van der Waals surface area contributed by atoms with Gasteiger partial charge in [0.25, 0.3) is 0 Å². The number of benzene rings is 1. The number of anilines is 1. The van der Waals surface area contributed by atoms with E-state index in [0.717, 1.165) is 12.2 Å². The van der Waals surface area contributed by atoms with Crippen LogP contribution in [0.15, 0.2) is 24.3 Å². The second-order valence-corrected chi connectivity index (χ2v) is 5.64. The summed E-state index contributed by atoms with van der Waals surface area (Å²) in [6.07, 6.45) is 3.10. The second kappa shape index (κ2) is 6.20. The van der Waals surface area contributed by atoms with Crippen molar-refractivity contribution in [2.24, 2.45) is 0 Å². The molecule has 1 N–H and O–H groups in total. The van der Waals surface area contributed by atoms with Crippen molar-refractivity contribution in [2.75, 3.05) is 18.5 Å². The topological polar surface area (TPSA) is 32.3 Å². The summed E-state index contributed by atoms with van der Waals surface area (Å²) >= 11 is 0. The third-order valence-electron chi connectivity index (χ3n) is 3.64. The molecule has 1 fully saturated rings. The average molecular weight is 260 g/mol. The lowest BCUT2D eigenvalue weighted by atomic mass is 10.0. The lowest BCUT2D eigenvalue weighted by molar-refractivity contribution is -0.118. The standard InChI is InChI=1S/C16H24N2O/c1-12(2)14-6-4-5-7-15(14)18(3)16(19)10-11-17-13-8-9-13/h4-7,12-13,17H,8-11H2,1-3H3. The monoisotopic (exact) mass is 260 g/mol. The Morgan fingerprint density at radius 2 is 2.05 bits per heavy atom. The first-order valence-electron chi connectivity index (χ1n) is 7.18. The van der Waals surface area contributed by atoms with Crippen LogP contribution in [0.25, 0.3) is 0 Å². The van der Waals surface area contributed by atoms with Gasteiger partial charge < -0.3 is 10.2 Å². The van der Waals surface area contributed by atoms with Crippen molar-refractivity contribution < 1.29 is 4.79 Å². The van der Waals surface area contributed by atoms with Gasteiger partial charge in [0.15, 0.2) is 0 Å². The first-order valence-corrected chi connectivity index (χ1v) is 7.18. The van der Waals surface area contributed by atoms with E-state index in [-0.39, 0.29) is 5.91 Å². The number of para-hydroxylation sites is 1. The quantitative estimate of drug-likeness (QED) is 0.853. The maximum Gasteiger partial charge on any atom is 0.228 e. The van der Waals surface area contributed by atoms with Gasteiger partial charge in [0.2, 0.25) is 5.91 Å². The maximum absolute atomic E-state index is 12.2. The molecule has 0 unspecified atom stereocenters. The van der Waals surface area contributed by atoms with Gasteiger partial charge in [-0.25, -0.2) is 0 Å². The van der Waals surface area contributed by atoms with Gasteiger partial charge in [-0.2, -0.15) is 0 Å². The van der Waals surface area contributed by atoms with Crippen LogP contribution in [0.4, 0.5) is 5.69 Å². The number of nitrogens with zero attached hydrogens (tertiary/aromatic N) is 1. The van der Waals surface area contributed by atoms with Crippen molar-refractivity contribution in [1.82, 2.24) is 5.32 Å². The number of nitrogens with one attached hydrogen (secondary N) is 1. The number of rotatable bonds is 6. The van der Waals surface area contributed by atoms with Gasteiger partial charge in [-0.15, -0.1) is 0 Å². The van der Waals surface area contributed by atoms with Crippen molar-refractivity contribution >= 4 is 11.6 Å². The number of carbonyl (C=O) groups excluding carboxylic acids is 1. The molecular formula is C16H24N2O. The maximum atomic E-state index is 12.2. The average Bonchev–Trinajstić information content (AvgIpc) is 3.21. The Labute approximate surface area is 116 Å². The normalized spacial score (nSPS) is 14.7. The summed E-state index contributed by atoms with van der Waals surface area (Å²) in [7, 11) is 1.88. The van der Waals surface area contributed by atoms with E-state index in [1.54, 1.807) is 4.90 Å². The van der Waals surface area contributed by atoms with Crippen molar-refractivity contribution in [2.45, 2.75) is 45.1 Å². The fourth-order valence-electron chi connectivity index (χ4n) is 2.25. The zero-order chi connectivity index (χ0) is 13.8. The zero-order valence-electron chi connectivity index (χ0n) is 12.1. The van der Waals surface area contributed by atoms with Gasteiger partial charge in [0.05, 0.1) is 0 Å². The largest absolute Gasteiger partial charge is 0.315 e. The molecule has 0 aromatic heterocycles. The Balaban J connectivity index is 1.96. The second-order valence-electron chi connectivity index (χ2n) is 5.64. The first-order chi connectivity index (χ1) is 9.09. The van der Waals surface area contributed by atoms with Crippen LogP contribution in [0, 0.1) is 0 Å². The Morgan fingerprint density at radius 1 is 1.37 bits per heavy atom. The van der Waals surface area contributed by atoms with E-state index in [1.165, 1.54) is 18.4 Å². The molecule has 1 saturated carbocycles. The third-order valence-corrected chi connectivity index (χ3v) is 3.64. The highest BCUT2D eigenvalue weighted by molar-refractivity contribution is 5.93. The van der Waals surface area contributed by atoms with E-state index in [4.69, 9.17) is 0 Å². The molecule has 1 aromatic carbocycles. The molecule has 0 spiro atoms.